The molecule has 0 fully saturated rings. The van der Waals surface area contributed by atoms with Gasteiger partial charge in [-0.3, -0.25) is 0 Å². The highest BCUT2D eigenvalue weighted by Gasteiger charge is 2.20. The average molecular weight is 236 g/mol. The third-order valence-corrected chi connectivity index (χ3v) is 3.00. The Kier molecular flexibility index (Phi) is 2.22. The minimum Gasteiger partial charge on any atom is -0.398 e. The van der Waals surface area contributed by atoms with Gasteiger partial charge in [-0.1, -0.05) is 0 Å². The van der Waals surface area contributed by atoms with Crippen molar-refractivity contribution in [1.82, 2.24) is 4.98 Å². The Bertz CT molecular complexity index is 613. The number of fused-ring (bicyclic) bond motifs is 2. The Hall–Kier alpha value is -1.75. The van der Waals surface area contributed by atoms with E-state index in [1.807, 2.05) is 0 Å². The van der Waals surface area contributed by atoms with Gasteiger partial charge >= 0.3 is 0 Å². The van der Waals surface area contributed by atoms with Crippen molar-refractivity contribution < 1.29 is 13.5 Å². The molecule has 2 aromatic rings. The minimum absolute atomic E-state index is 0.00292. The molecule has 3 nitrogen and oxygen atoms in total. The van der Waals surface area contributed by atoms with E-state index in [4.69, 9.17) is 10.5 Å². The number of benzene rings is 1. The summed E-state index contributed by atoms with van der Waals surface area (Å²) >= 11 is 0. The van der Waals surface area contributed by atoms with E-state index in [-0.39, 0.29) is 16.6 Å². The maximum absolute atomic E-state index is 13.7. The van der Waals surface area contributed by atoms with Crippen LogP contribution in [0.3, 0.4) is 0 Å². The van der Waals surface area contributed by atoms with Crippen LogP contribution >= 0.6 is 0 Å². The van der Waals surface area contributed by atoms with Gasteiger partial charge in [-0.2, -0.15) is 0 Å². The van der Waals surface area contributed by atoms with Gasteiger partial charge in [0.25, 0.3) is 0 Å². The molecule has 1 aliphatic heterocycles. The Labute approximate surface area is 96.2 Å². The lowest BCUT2D eigenvalue weighted by atomic mass is 10.0. The van der Waals surface area contributed by atoms with Gasteiger partial charge < -0.3 is 10.5 Å². The number of hydrogen-bond acceptors (Lipinski definition) is 3. The highest BCUT2D eigenvalue weighted by atomic mass is 19.1. The molecule has 0 radical (unpaired) electrons. The van der Waals surface area contributed by atoms with Crippen LogP contribution in [0.1, 0.15) is 11.3 Å². The molecule has 1 aromatic carbocycles. The summed E-state index contributed by atoms with van der Waals surface area (Å²) < 4.78 is 32.5. The Balaban J connectivity index is 2.44. The van der Waals surface area contributed by atoms with Crippen LogP contribution in [0, 0.1) is 11.6 Å². The van der Waals surface area contributed by atoms with Crippen molar-refractivity contribution in [1.29, 1.82) is 0 Å². The van der Waals surface area contributed by atoms with Gasteiger partial charge in [0.05, 0.1) is 30.0 Å². The number of anilines is 1. The molecule has 5 heteroatoms. The molecule has 3 rings (SSSR count). The highest BCUT2D eigenvalue weighted by molar-refractivity contribution is 5.93. The summed E-state index contributed by atoms with van der Waals surface area (Å²) in [6.45, 7) is 0.835. The lowest BCUT2D eigenvalue weighted by Gasteiger charge is -2.19. The van der Waals surface area contributed by atoms with Crippen LogP contribution in [0.15, 0.2) is 12.1 Å². The molecule has 0 saturated heterocycles. The number of halogens is 2. The predicted molar refractivity (Wildman–Crippen MR) is 59.4 cm³/mol. The highest BCUT2D eigenvalue weighted by Crippen LogP contribution is 2.31. The van der Waals surface area contributed by atoms with Gasteiger partial charge in [-0.25, -0.2) is 13.8 Å². The van der Waals surface area contributed by atoms with Crippen molar-refractivity contribution in [2.24, 2.45) is 0 Å². The monoisotopic (exact) mass is 236 g/mol. The number of nitrogens with two attached hydrogens (primary N) is 1. The van der Waals surface area contributed by atoms with E-state index in [9.17, 15) is 8.78 Å². The molecule has 1 aromatic heterocycles. The van der Waals surface area contributed by atoms with Crippen molar-refractivity contribution in [2.45, 2.75) is 13.0 Å². The molecular formula is C12H10F2N2O. The lowest BCUT2D eigenvalue weighted by Crippen LogP contribution is -2.15. The normalized spacial score (nSPS) is 14.9. The first-order valence-corrected chi connectivity index (χ1v) is 5.31. The summed E-state index contributed by atoms with van der Waals surface area (Å²) in [6, 6.07) is 2.13. The van der Waals surface area contributed by atoms with Crippen molar-refractivity contribution in [2.75, 3.05) is 12.3 Å². The van der Waals surface area contributed by atoms with E-state index < -0.39 is 11.6 Å². The summed E-state index contributed by atoms with van der Waals surface area (Å²) in [5.74, 6) is -1.11. The Morgan fingerprint density at radius 3 is 2.82 bits per heavy atom. The SMILES string of the molecule is Nc1c2c(nc3c(F)ccc(F)c13)CCOC2. The second kappa shape index (κ2) is 3.63. The van der Waals surface area contributed by atoms with Crippen LogP contribution in [-0.2, 0) is 17.8 Å². The largest absolute Gasteiger partial charge is 0.398 e. The fourth-order valence-electron chi connectivity index (χ4n) is 2.13. The first-order valence-electron chi connectivity index (χ1n) is 5.31. The lowest BCUT2D eigenvalue weighted by molar-refractivity contribution is 0.110. The number of rotatable bonds is 0. The zero-order chi connectivity index (χ0) is 12.0. The second-order valence-electron chi connectivity index (χ2n) is 4.01. The van der Waals surface area contributed by atoms with Crippen molar-refractivity contribution >= 4 is 16.6 Å². The molecule has 17 heavy (non-hydrogen) atoms. The second-order valence-corrected chi connectivity index (χ2v) is 4.01. The molecule has 0 saturated carbocycles. The summed E-state index contributed by atoms with van der Waals surface area (Å²) in [7, 11) is 0. The fraction of sp³-hybridized carbons (Fsp3) is 0.250. The van der Waals surface area contributed by atoms with E-state index in [0.717, 1.165) is 12.1 Å². The van der Waals surface area contributed by atoms with Crippen molar-refractivity contribution in [3.63, 3.8) is 0 Å². The minimum atomic E-state index is -0.556. The van der Waals surface area contributed by atoms with Gasteiger partial charge in [0.1, 0.15) is 17.2 Å². The molecule has 2 N–H and O–H groups in total. The molecule has 88 valence electrons. The smallest absolute Gasteiger partial charge is 0.149 e. The quantitative estimate of drug-likeness (QED) is 0.762. The number of ether oxygens (including phenoxy) is 1. The molecule has 1 aliphatic rings. The third kappa shape index (κ3) is 1.46. The summed E-state index contributed by atoms with van der Waals surface area (Å²) in [5, 5.41) is 0.0502. The van der Waals surface area contributed by atoms with Gasteiger partial charge in [-0.15, -0.1) is 0 Å². The Morgan fingerprint density at radius 1 is 1.24 bits per heavy atom. The molecule has 0 unspecified atom stereocenters. The number of aromatic nitrogens is 1. The van der Waals surface area contributed by atoms with Gasteiger partial charge in [0.15, 0.2) is 0 Å². The van der Waals surface area contributed by atoms with Crippen molar-refractivity contribution in [3.05, 3.63) is 35.0 Å². The van der Waals surface area contributed by atoms with Gasteiger partial charge in [-0.05, 0) is 12.1 Å². The number of nitrogens with zero attached hydrogens (tertiary/aromatic N) is 1. The van der Waals surface area contributed by atoms with Crippen LogP contribution in [0.5, 0.6) is 0 Å². The average Bonchev–Trinajstić information content (AvgIpc) is 2.34. The standard InChI is InChI=1S/C12H10F2N2O/c13-7-1-2-8(14)12-10(7)11(15)6-5-17-4-3-9(6)16-12/h1-2H,3-5H2,(H2,15,16). The van der Waals surface area contributed by atoms with E-state index in [0.29, 0.717) is 30.9 Å². The molecule has 0 amide bonds. The molecule has 0 aliphatic carbocycles. The van der Waals surface area contributed by atoms with E-state index in [2.05, 4.69) is 4.98 Å². The maximum atomic E-state index is 13.7. The molecule has 2 heterocycles. The number of hydrogen-bond donors (Lipinski definition) is 1. The van der Waals surface area contributed by atoms with Crippen LogP contribution in [0.2, 0.25) is 0 Å². The maximum Gasteiger partial charge on any atom is 0.149 e. The van der Waals surface area contributed by atoms with Gasteiger partial charge in [0.2, 0.25) is 0 Å². The van der Waals surface area contributed by atoms with E-state index >= 15 is 0 Å². The number of pyridine rings is 1. The zero-order valence-corrected chi connectivity index (χ0v) is 8.96. The first-order chi connectivity index (χ1) is 8.18. The third-order valence-electron chi connectivity index (χ3n) is 3.00. The Morgan fingerprint density at radius 2 is 2.00 bits per heavy atom. The summed E-state index contributed by atoms with van der Waals surface area (Å²) in [6.07, 6.45) is 0.575. The molecule has 0 spiro atoms. The topological polar surface area (TPSA) is 48.1 Å². The molecule has 0 bridgehead atoms. The molecular weight excluding hydrogens is 226 g/mol. The van der Waals surface area contributed by atoms with Crippen LogP contribution in [0.25, 0.3) is 10.9 Å². The van der Waals surface area contributed by atoms with Crippen LogP contribution in [-0.4, -0.2) is 11.6 Å². The fourth-order valence-corrected chi connectivity index (χ4v) is 2.13. The van der Waals surface area contributed by atoms with Gasteiger partial charge in [0, 0.05) is 12.0 Å². The zero-order valence-electron chi connectivity index (χ0n) is 8.96. The van der Waals surface area contributed by atoms with Crippen LogP contribution < -0.4 is 5.73 Å². The number of nitrogen functional groups attached to an aromatic ring is 1. The summed E-state index contributed by atoms with van der Waals surface area (Å²) in [5.41, 5.74) is 7.50. The van der Waals surface area contributed by atoms with E-state index in [1.54, 1.807) is 0 Å². The first kappa shape index (κ1) is 10.4. The molecule has 0 atom stereocenters. The summed E-state index contributed by atoms with van der Waals surface area (Å²) in [4.78, 5) is 4.16. The predicted octanol–water partition coefficient (Wildman–Crippen LogP) is 2.17. The van der Waals surface area contributed by atoms with E-state index in [1.165, 1.54) is 0 Å². The van der Waals surface area contributed by atoms with Crippen LogP contribution in [0.4, 0.5) is 14.5 Å². The van der Waals surface area contributed by atoms with Crippen molar-refractivity contribution in [3.8, 4) is 0 Å².